The molecule has 212 valence electrons. The third-order valence-electron chi connectivity index (χ3n) is 7.56. The lowest BCUT2D eigenvalue weighted by molar-refractivity contribution is -0.137. The monoisotopic (exact) mass is 566 g/mol. The summed E-state index contributed by atoms with van der Waals surface area (Å²) in [6.45, 7) is 0.558. The van der Waals surface area contributed by atoms with Crippen LogP contribution in [0, 0.1) is 0 Å². The maximum Gasteiger partial charge on any atom is 0.416 e. The molecule has 6 heterocycles. The van der Waals surface area contributed by atoms with Gasteiger partial charge in [-0.2, -0.15) is 13.2 Å². The molecule has 11 nitrogen and oxygen atoms in total. The molecule has 0 aliphatic carbocycles. The number of methoxy groups -OCH3 is 1. The van der Waals surface area contributed by atoms with Crippen molar-refractivity contribution in [2.75, 3.05) is 24.7 Å². The number of piperidine rings is 1. The number of nitrogen functional groups attached to an aromatic ring is 1. The standard InChI is InChI=1S/C27H25F3N8O3/c1-41-26-17(5-6-18(34-26)25(40)35-19-12-15(8-9-32-19)27(28,29)30)21-22-23(31)33-10-11-37(22)24(36-21)14-2-3-16-4-7-20(39)38(16)13-14/h5-6,8-12,14,16H,2-4,7,13H2,1H3,(H2,31,33)(H,32,35,40)/t14-,16+/m1/s1. The summed E-state index contributed by atoms with van der Waals surface area (Å²) in [6.07, 6.45) is 2.90. The van der Waals surface area contributed by atoms with E-state index in [1.807, 2.05) is 9.30 Å². The molecule has 6 rings (SSSR count). The first kappa shape index (κ1) is 26.5. The van der Waals surface area contributed by atoms with E-state index in [4.69, 9.17) is 15.5 Å². The van der Waals surface area contributed by atoms with Crippen molar-refractivity contribution < 1.29 is 27.5 Å². The van der Waals surface area contributed by atoms with Crippen LogP contribution in [0.5, 0.6) is 5.88 Å². The molecule has 0 bridgehead atoms. The van der Waals surface area contributed by atoms with E-state index in [0.29, 0.717) is 29.7 Å². The zero-order valence-corrected chi connectivity index (χ0v) is 21.9. The van der Waals surface area contributed by atoms with Gasteiger partial charge in [-0.3, -0.25) is 14.0 Å². The third kappa shape index (κ3) is 4.78. The number of ether oxygens (including phenoxy) is 1. The Kier molecular flexibility index (Phi) is 6.47. The number of nitrogens with two attached hydrogens (primary N) is 1. The largest absolute Gasteiger partial charge is 0.480 e. The Hall–Kier alpha value is -4.75. The summed E-state index contributed by atoms with van der Waals surface area (Å²) in [5.41, 5.74) is 6.66. The number of rotatable bonds is 5. The Balaban J connectivity index is 1.34. The topological polar surface area (TPSA) is 141 Å². The smallest absolute Gasteiger partial charge is 0.416 e. The minimum Gasteiger partial charge on any atom is -0.480 e. The fourth-order valence-corrected chi connectivity index (χ4v) is 5.60. The zero-order valence-electron chi connectivity index (χ0n) is 21.9. The van der Waals surface area contributed by atoms with Crippen molar-refractivity contribution in [2.24, 2.45) is 0 Å². The fourth-order valence-electron chi connectivity index (χ4n) is 5.60. The summed E-state index contributed by atoms with van der Waals surface area (Å²) < 4.78 is 46.5. The van der Waals surface area contributed by atoms with E-state index in [1.165, 1.54) is 13.2 Å². The van der Waals surface area contributed by atoms with Crippen molar-refractivity contribution in [3.63, 3.8) is 0 Å². The minimum absolute atomic E-state index is 0.0275. The summed E-state index contributed by atoms with van der Waals surface area (Å²) in [5, 5.41) is 2.34. The lowest BCUT2D eigenvalue weighted by Crippen LogP contribution is -2.41. The SMILES string of the molecule is COc1nc(C(=O)Nc2cc(C(F)(F)F)ccn2)ccc1-c1nc([C@@H]2CC[C@H]3CCC(=O)N3C2)n2ccnc(N)c12. The lowest BCUT2D eigenvalue weighted by atomic mass is 9.92. The van der Waals surface area contributed by atoms with Crippen LogP contribution in [0.4, 0.5) is 24.8 Å². The molecule has 2 atom stereocenters. The second-order valence-corrected chi connectivity index (χ2v) is 10.00. The van der Waals surface area contributed by atoms with Gasteiger partial charge >= 0.3 is 6.18 Å². The molecule has 3 N–H and O–H groups in total. The van der Waals surface area contributed by atoms with E-state index < -0.39 is 17.6 Å². The molecule has 4 aromatic rings. The first-order chi connectivity index (χ1) is 19.6. The van der Waals surface area contributed by atoms with Gasteiger partial charge in [-0.15, -0.1) is 0 Å². The highest BCUT2D eigenvalue weighted by molar-refractivity contribution is 6.03. The van der Waals surface area contributed by atoms with E-state index in [2.05, 4.69) is 20.3 Å². The van der Waals surface area contributed by atoms with Gasteiger partial charge in [-0.1, -0.05) is 0 Å². The van der Waals surface area contributed by atoms with Gasteiger partial charge in [-0.05, 0) is 43.5 Å². The summed E-state index contributed by atoms with van der Waals surface area (Å²) in [4.78, 5) is 44.5. The predicted octanol–water partition coefficient (Wildman–Crippen LogP) is 3.92. The van der Waals surface area contributed by atoms with Crippen molar-refractivity contribution in [1.82, 2.24) is 29.2 Å². The molecule has 0 aromatic carbocycles. The zero-order chi connectivity index (χ0) is 28.9. The molecule has 2 saturated heterocycles. The van der Waals surface area contributed by atoms with Crippen molar-refractivity contribution >= 4 is 29.0 Å². The van der Waals surface area contributed by atoms with E-state index >= 15 is 0 Å². The Bertz CT molecular complexity index is 1670. The number of pyridine rings is 2. The average molecular weight is 567 g/mol. The van der Waals surface area contributed by atoms with Gasteiger partial charge < -0.3 is 20.7 Å². The maximum atomic E-state index is 13.1. The third-order valence-corrected chi connectivity index (χ3v) is 7.56. The lowest BCUT2D eigenvalue weighted by Gasteiger charge is -2.34. The number of alkyl halides is 3. The highest BCUT2D eigenvalue weighted by Gasteiger charge is 2.38. The first-order valence-electron chi connectivity index (χ1n) is 13.0. The van der Waals surface area contributed by atoms with Crippen LogP contribution in [-0.4, -0.2) is 60.7 Å². The molecule has 2 aliphatic rings. The summed E-state index contributed by atoms with van der Waals surface area (Å²) >= 11 is 0. The number of aromatic nitrogens is 5. The number of amides is 2. The number of imidazole rings is 1. The van der Waals surface area contributed by atoms with Gasteiger partial charge in [0.05, 0.1) is 18.2 Å². The summed E-state index contributed by atoms with van der Waals surface area (Å²) in [7, 11) is 1.38. The Morgan fingerprint density at radius 2 is 1.95 bits per heavy atom. The number of nitrogens with one attached hydrogen (secondary N) is 1. The Labute approximate surface area is 231 Å². The summed E-state index contributed by atoms with van der Waals surface area (Å²) in [5.74, 6) is 0.0911. The van der Waals surface area contributed by atoms with Crippen molar-refractivity contribution in [2.45, 2.75) is 43.8 Å². The number of hydrogen-bond donors (Lipinski definition) is 2. The van der Waals surface area contributed by atoms with E-state index in [0.717, 1.165) is 43.4 Å². The van der Waals surface area contributed by atoms with Crippen LogP contribution >= 0.6 is 0 Å². The normalized spacial score (nSPS) is 18.9. The van der Waals surface area contributed by atoms with Crippen molar-refractivity contribution in [1.29, 1.82) is 0 Å². The number of nitrogens with zero attached hydrogens (tertiary/aromatic N) is 6. The maximum absolute atomic E-state index is 13.1. The minimum atomic E-state index is -4.59. The number of carbonyl (C=O) groups is 2. The average Bonchev–Trinajstić information content (AvgIpc) is 3.53. The fraction of sp³-hybridized carbons (Fsp3) is 0.333. The van der Waals surface area contributed by atoms with Crippen LogP contribution < -0.4 is 15.8 Å². The molecule has 41 heavy (non-hydrogen) atoms. The number of halogens is 3. The van der Waals surface area contributed by atoms with E-state index in [-0.39, 0.29) is 41.1 Å². The van der Waals surface area contributed by atoms with Gasteiger partial charge in [0.1, 0.15) is 34.4 Å². The van der Waals surface area contributed by atoms with Gasteiger partial charge in [0.2, 0.25) is 11.8 Å². The molecule has 0 radical (unpaired) electrons. The number of carbonyl (C=O) groups excluding carboxylic acids is 2. The highest BCUT2D eigenvalue weighted by Crippen LogP contribution is 2.39. The number of hydrogen-bond acceptors (Lipinski definition) is 8. The van der Waals surface area contributed by atoms with Crippen molar-refractivity contribution in [3.8, 4) is 17.1 Å². The quantitative estimate of drug-likeness (QED) is 0.371. The molecule has 2 aliphatic heterocycles. The van der Waals surface area contributed by atoms with Gasteiger partial charge in [0, 0.05) is 43.5 Å². The molecule has 0 spiro atoms. The molecule has 2 amide bonds. The Morgan fingerprint density at radius 1 is 1.12 bits per heavy atom. The second-order valence-electron chi connectivity index (χ2n) is 10.00. The van der Waals surface area contributed by atoms with Crippen LogP contribution in [0.15, 0.2) is 42.9 Å². The number of fused-ring (bicyclic) bond motifs is 2. The van der Waals surface area contributed by atoms with Crippen LogP contribution in [0.25, 0.3) is 16.8 Å². The van der Waals surface area contributed by atoms with Crippen molar-refractivity contribution in [3.05, 3.63) is 59.9 Å². The van der Waals surface area contributed by atoms with Gasteiger partial charge in [-0.25, -0.2) is 19.9 Å². The molecule has 2 fully saturated rings. The van der Waals surface area contributed by atoms with E-state index in [1.54, 1.807) is 18.5 Å². The number of anilines is 2. The van der Waals surface area contributed by atoms with Crippen LogP contribution in [-0.2, 0) is 11.0 Å². The molecule has 4 aromatic heterocycles. The van der Waals surface area contributed by atoms with E-state index in [9.17, 15) is 22.8 Å². The summed E-state index contributed by atoms with van der Waals surface area (Å²) in [6, 6.07) is 4.81. The van der Waals surface area contributed by atoms with Crippen LogP contribution in [0.1, 0.15) is 53.5 Å². The first-order valence-corrected chi connectivity index (χ1v) is 13.0. The Morgan fingerprint density at radius 3 is 2.73 bits per heavy atom. The predicted molar refractivity (Wildman–Crippen MR) is 141 cm³/mol. The second kappa shape index (κ2) is 10.0. The van der Waals surface area contributed by atoms with Crippen LogP contribution in [0.3, 0.4) is 0 Å². The molecule has 0 unspecified atom stereocenters. The molecule has 0 saturated carbocycles. The molecular formula is C27H25F3N8O3. The molecule has 14 heteroatoms. The molecular weight excluding hydrogens is 541 g/mol. The van der Waals surface area contributed by atoms with Gasteiger partial charge in [0.25, 0.3) is 5.91 Å². The van der Waals surface area contributed by atoms with Gasteiger partial charge in [0.15, 0.2) is 0 Å². The highest BCUT2D eigenvalue weighted by atomic mass is 19.4. The van der Waals surface area contributed by atoms with Crippen LogP contribution in [0.2, 0.25) is 0 Å².